The second-order valence-electron chi connectivity index (χ2n) is 7.84. The first-order valence-corrected chi connectivity index (χ1v) is 10.1. The van der Waals surface area contributed by atoms with Crippen molar-refractivity contribution in [1.29, 1.82) is 0 Å². The van der Waals surface area contributed by atoms with Gasteiger partial charge in [0.25, 0.3) is 5.56 Å². The Morgan fingerprint density at radius 1 is 0.967 bits per heavy atom. The van der Waals surface area contributed by atoms with Gasteiger partial charge in [-0.25, -0.2) is 9.67 Å². The van der Waals surface area contributed by atoms with Gasteiger partial charge in [-0.05, 0) is 42.7 Å². The van der Waals surface area contributed by atoms with Crippen LogP contribution in [0.5, 0.6) is 11.5 Å². The number of Topliss-reactive ketones (excluding diaryl/α,β-unsaturated/α-hetero) is 1. The SMILES string of the molecule is O=C1CCCC2=Nc3[nH]n(-c4ccccc4)c(=O)c3C(c3ccc4c(c3)OCO4)C12. The minimum Gasteiger partial charge on any atom is -0.454 e. The molecule has 2 aliphatic heterocycles. The lowest BCUT2D eigenvalue weighted by Gasteiger charge is -2.33. The van der Waals surface area contributed by atoms with Crippen molar-refractivity contribution in [3.8, 4) is 17.2 Å². The van der Waals surface area contributed by atoms with E-state index in [0.717, 1.165) is 29.8 Å². The van der Waals surface area contributed by atoms with Crippen LogP contribution in [0.4, 0.5) is 5.82 Å². The predicted octanol–water partition coefficient (Wildman–Crippen LogP) is 3.48. The predicted molar refractivity (Wildman–Crippen MR) is 110 cm³/mol. The molecule has 7 heteroatoms. The van der Waals surface area contributed by atoms with Gasteiger partial charge < -0.3 is 9.47 Å². The highest BCUT2D eigenvalue weighted by Crippen LogP contribution is 2.46. The number of ketones is 1. The third kappa shape index (κ3) is 2.48. The number of hydrogen-bond acceptors (Lipinski definition) is 5. The zero-order chi connectivity index (χ0) is 20.2. The number of carbonyl (C=O) groups is 1. The van der Waals surface area contributed by atoms with Crippen molar-refractivity contribution in [2.24, 2.45) is 10.9 Å². The number of aliphatic imine (C=N–C) groups is 1. The fourth-order valence-electron chi connectivity index (χ4n) is 4.78. The van der Waals surface area contributed by atoms with Crippen LogP contribution in [0.3, 0.4) is 0 Å². The summed E-state index contributed by atoms with van der Waals surface area (Å²) in [6.07, 6.45) is 2.06. The first-order chi connectivity index (χ1) is 14.7. The van der Waals surface area contributed by atoms with Crippen molar-refractivity contribution in [3.63, 3.8) is 0 Å². The molecule has 3 aliphatic rings. The molecule has 3 aromatic rings. The number of rotatable bonds is 2. The van der Waals surface area contributed by atoms with E-state index in [1.807, 2.05) is 48.5 Å². The number of H-pyrrole nitrogens is 1. The highest BCUT2D eigenvalue weighted by atomic mass is 16.7. The van der Waals surface area contributed by atoms with Gasteiger partial charge in [-0.15, -0.1) is 0 Å². The molecule has 1 aromatic heterocycles. The van der Waals surface area contributed by atoms with Crippen molar-refractivity contribution < 1.29 is 14.3 Å². The monoisotopic (exact) mass is 401 g/mol. The van der Waals surface area contributed by atoms with Crippen molar-refractivity contribution in [2.45, 2.75) is 25.2 Å². The Morgan fingerprint density at radius 2 is 1.80 bits per heavy atom. The third-order valence-electron chi connectivity index (χ3n) is 6.14. The standard InChI is InChI=1S/C23H19N3O4/c27-16-8-4-7-15-20(16)19(13-9-10-17-18(11-13)30-12-29-17)21-22(24-15)25-26(23(21)28)14-5-2-1-3-6-14/h1-3,5-6,9-11,19-20,25H,4,7-8,12H2. The maximum atomic E-state index is 13.5. The van der Waals surface area contributed by atoms with E-state index in [4.69, 9.17) is 14.5 Å². The van der Waals surface area contributed by atoms with E-state index in [1.165, 1.54) is 4.68 Å². The maximum Gasteiger partial charge on any atom is 0.277 e. The van der Waals surface area contributed by atoms with Crippen molar-refractivity contribution in [3.05, 3.63) is 70.0 Å². The lowest BCUT2D eigenvalue weighted by Crippen LogP contribution is -2.38. The van der Waals surface area contributed by atoms with E-state index in [0.29, 0.717) is 29.3 Å². The van der Waals surface area contributed by atoms with Crippen molar-refractivity contribution in [2.75, 3.05) is 6.79 Å². The van der Waals surface area contributed by atoms with E-state index < -0.39 is 11.8 Å². The number of fused-ring (bicyclic) bond motifs is 3. The summed E-state index contributed by atoms with van der Waals surface area (Å²) in [7, 11) is 0. The molecule has 1 aliphatic carbocycles. The summed E-state index contributed by atoms with van der Waals surface area (Å²) in [4.78, 5) is 31.2. The minimum atomic E-state index is -0.417. The fraction of sp³-hybridized carbons (Fsp3) is 0.261. The Hall–Kier alpha value is -3.61. The minimum absolute atomic E-state index is 0.139. The molecule has 2 unspecified atom stereocenters. The van der Waals surface area contributed by atoms with Gasteiger partial charge in [-0.3, -0.25) is 14.7 Å². The first kappa shape index (κ1) is 17.3. The molecule has 0 amide bonds. The van der Waals surface area contributed by atoms with Gasteiger partial charge in [-0.1, -0.05) is 24.3 Å². The zero-order valence-electron chi connectivity index (χ0n) is 16.1. The highest BCUT2D eigenvalue weighted by Gasteiger charge is 2.43. The number of carbonyl (C=O) groups excluding carboxylic acids is 1. The summed E-state index contributed by atoms with van der Waals surface area (Å²) in [6, 6.07) is 15.1. The Morgan fingerprint density at radius 3 is 2.67 bits per heavy atom. The lowest BCUT2D eigenvalue weighted by atomic mass is 9.70. The van der Waals surface area contributed by atoms with E-state index in [2.05, 4.69) is 5.10 Å². The summed E-state index contributed by atoms with van der Waals surface area (Å²) in [6.45, 7) is 0.175. The number of aromatic nitrogens is 2. The van der Waals surface area contributed by atoms with Gasteiger partial charge in [0.15, 0.2) is 17.3 Å². The van der Waals surface area contributed by atoms with Crippen LogP contribution >= 0.6 is 0 Å². The second-order valence-corrected chi connectivity index (χ2v) is 7.84. The third-order valence-corrected chi connectivity index (χ3v) is 6.14. The van der Waals surface area contributed by atoms with Crippen LogP contribution < -0.4 is 15.0 Å². The molecular weight excluding hydrogens is 382 g/mol. The van der Waals surface area contributed by atoms with E-state index in [-0.39, 0.29) is 18.1 Å². The van der Waals surface area contributed by atoms with Gasteiger partial charge >= 0.3 is 0 Å². The molecule has 7 nitrogen and oxygen atoms in total. The number of hydrogen-bond donors (Lipinski definition) is 1. The van der Waals surface area contributed by atoms with Crippen molar-refractivity contribution in [1.82, 2.24) is 9.78 Å². The Balaban J connectivity index is 1.58. The number of nitrogens with zero attached hydrogens (tertiary/aromatic N) is 2. The number of ether oxygens (including phenoxy) is 2. The van der Waals surface area contributed by atoms with Crippen LogP contribution in [-0.4, -0.2) is 28.1 Å². The molecule has 0 spiro atoms. The second kappa shape index (κ2) is 6.45. The van der Waals surface area contributed by atoms with Gasteiger partial charge in [0.1, 0.15) is 5.78 Å². The highest BCUT2D eigenvalue weighted by molar-refractivity contribution is 6.10. The summed E-state index contributed by atoms with van der Waals surface area (Å²) in [5.74, 6) is 1.17. The fourth-order valence-corrected chi connectivity index (χ4v) is 4.78. The smallest absolute Gasteiger partial charge is 0.277 e. The number of nitrogens with one attached hydrogen (secondary N) is 1. The van der Waals surface area contributed by atoms with Crippen molar-refractivity contribution >= 4 is 17.3 Å². The van der Waals surface area contributed by atoms with E-state index >= 15 is 0 Å². The van der Waals surface area contributed by atoms with Crippen LogP contribution in [0.15, 0.2) is 58.3 Å². The molecule has 0 saturated heterocycles. The molecule has 1 saturated carbocycles. The molecule has 0 bridgehead atoms. The van der Waals surface area contributed by atoms with Gasteiger partial charge in [0.2, 0.25) is 6.79 Å². The molecule has 6 rings (SSSR count). The van der Waals surface area contributed by atoms with Gasteiger partial charge in [0.05, 0.1) is 17.2 Å². The number of aromatic amines is 1. The molecule has 30 heavy (non-hydrogen) atoms. The molecule has 2 atom stereocenters. The lowest BCUT2D eigenvalue weighted by molar-refractivity contribution is -0.121. The topological polar surface area (TPSA) is 85.7 Å². The van der Waals surface area contributed by atoms with Gasteiger partial charge in [-0.2, -0.15) is 0 Å². The molecule has 1 N–H and O–H groups in total. The molecule has 150 valence electrons. The van der Waals surface area contributed by atoms with E-state index in [1.54, 1.807) is 0 Å². The Labute approximate surface area is 172 Å². The molecule has 2 aromatic carbocycles. The Kier molecular flexibility index (Phi) is 3.71. The van der Waals surface area contributed by atoms with Crippen LogP contribution in [0.25, 0.3) is 5.69 Å². The summed E-state index contributed by atoms with van der Waals surface area (Å²) in [5, 5.41) is 3.17. The van der Waals surface area contributed by atoms with Crippen LogP contribution in [0.2, 0.25) is 0 Å². The first-order valence-electron chi connectivity index (χ1n) is 10.1. The molecule has 0 radical (unpaired) electrons. The summed E-state index contributed by atoms with van der Waals surface area (Å²) >= 11 is 0. The number of para-hydroxylation sites is 1. The largest absolute Gasteiger partial charge is 0.454 e. The van der Waals surface area contributed by atoms with Crippen LogP contribution in [0.1, 0.15) is 36.3 Å². The zero-order valence-corrected chi connectivity index (χ0v) is 16.1. The van der Waals surface area contributed by atoms with Gasteiger partial charge in [0, 0.05) is 18.1 Å². The quantitative estimate of drug-likeness (QED) is 0.712. The van der Waals surface area contributed by atoms with Crippen LogP contribution in [-0.2, 0) is 4.79 Å². The summed E-state index contributed by atoms with van der Waals surface area (Å²) in [5.41, 5.74) is 2.80. The average Bonchev–Trinajstić information content (AvgIpc) is 3.37. The van der Waals surface area contributed by atoms with Crippen LogP contribution in [0, 0.1) is 5.92 Å². The maximum absolute atomic E-state index is 13.5. The molecular formula is C23H19N3O4. The average molecular weight is 401 g/mol. The molecule has 3 heterocycles. The summed E-state index contributed by atoms with van der Waals surface area (Å²) < 4.78 is 12.5. The van der Waals surface area contributed by atoms with E-state index in [9.17, 15) is 9.59 Å². The normalized spacial score (nSPS) is 21.7. The Bertz CT molecular complexity index is 1260. The molecule has 1 fully saturated rings. The number of benzene rings is 2.